The number of thioether (sulfide) groups is 1. The summed E-state index contributed by atoms with van der Waals surface area (Å²) in [5.74, 6) is 0.615. The molecule has 1 aliphatic heterocycles. The quantitative estimate of drug-likeness (QED) is 0.460. The fraction of sp³-hybridized carbons (Fsp3) is 0.182. The smallest absolute Gasteiger partial charge is 0.338 e. The van der Waals surface area contributed by atoms with Gasteiger partial charge in [-0.2, -0.15) is 5.26 Å². The van der Waals surface area contributed by atoms with Gasteiger partial charge in [0.2, 0.25) is 12.7 Å². The summed E-state index contributed by atoms with van der Waals surface area (Å²) < 4.78 is 15.7. The third kappa shape index (κ3) is 4.54. The van der Waals surface area contributed by atoms with Crippen LogP contribution < -0.4 is 14.8 Å². The number of nitrogens with zero attached hydrogens (tertiary/aromatic N) is 2. The molecule has 8 nitrogen and oxygen atoms in total. The summed E-state index contributed by atoms with van der Waals surface area (Å²) in [7, 11) is 0. The lowest BCUT2D eigenvalue weighted by atomic mass is 10.1. The lowest BCUT2D eigenvalue weighted by molar-refractivity contribution is -0.113. The molecule has 0 atom stereocenters. The number of aromatic nitrogens is 1. The highest BCUT2D eigenvalue weighted by atomic mass is 32.2. The first kappa shape index (κ1) is 20.5. The second kappa shape index (κ2) is 8.93. The molecule has 0 radical (unpaired) electrons. The number of nitrogens with one attached hydrogen (secondary N) is 1. The Bertz CT molecular complexity index is 1200. The van der Waals surface area contributed by atoms with Gasteiger partial charge in [0, 0.05) is 17.1 Å². The maximum atomic E-state index is 12.4. The largest absolute Gasteiger partial charge is 0.462 e. The van der Waals surface area contributed by atoms with Crippen molar-refractivity contribution in [3.05, 3.63) is 53.6 Å². The number of nitriles is 1. The topological polar surface area (TPSA) is 111 Å². The molecule has 9 heteroatoms. The lowest BCUT2D eigenvalue weighted by Crippen LogP contribution is -2.14. The highest BCUT2D eigenvalue weighted by Gasteiger charge is 2.17. The maximum absolute atomic E-state index is 12.4. The molecule has 0 bridgehead atoms. The first-order chi connectivity index (χ1) is 15.1. The average Bonchev–Trinajstić information content (AvgIpc) is 3.23. The molecule has 156 valence electrons. The molecular formula is C22H17N3O5S. The highest BCUT2D eigenvalue weighted by Crippen LogP contribution is 2.37. The number of carbonyl (C=O) groups excluding carboxylic acids is 2. The number of amides is 1. The Kier molecular flexibility index (Phi) is 5.91. The fourth-order valence-corrected chi connectivity index (χ4v) is 3.73. The van der Waals surface area contributed by atoms with Gasteiger partial charge < -0.3 is 19.5 Å². The Morgan fingerprint density at radius 2 is 1.94 bits per heavy atom. The number of esters is 1. The number of benzene rings is 2. The van der Waals surface area contributed by atoms with Crippen molar-refractivity contribution in [3.63, 3.8) is 0 Å². The number of rotatable bonds is 6. The minimum atomic E-state index is -0.412. The van der Waals surface area contributed by atoms with Crippen LogP contribution in [0.1, 0.15) is 22.8 Å². The number of hydrogen-bond donors (Lipinski definition) is 1. The number of hydrogen-bond acceptors (Lipinski definition) is 8. The Morgan fingerprint density at radius 1 is 1.19 bits per heavy atom. The predicted octanol–water partition coefficient (Wildman–Crippen LogP) is 3.74. The van der Waals surface area contributed by atoms with Gasteiger partial charge in [-0.05, 0) is 43.3 Å². The minimum Gasteiger partial charge on any atom is -0.462 e. The van der Waals surface area contributed by atoms with Crippen molar-refractivity contribution >= 4 is 40.2 Å². The first-order valence-electron chi connectivity index (χ1n) is 9.41. The first-order valence-corrected chi connectivity index (χ1v) is 10.4. The molecule has 0 fully saturated rings. The van der Waals surface area contributed by atoms with Gasteiger partial charge in [-0.25, -0.2) is 9.78 Å². The Balaban J connectivity index is 1.43. The van der Waals surface area contributed by atoms with Gasteiger partial charge >= 0.3 is 5.97 Å². The average molecular weight is 435 g/mol. The molecule has 4 rings (SSSR count). The van der Waals surface area contributed by atoms with Crippen molar-refractivity contribution in [3.8, 4) is 17.6 Å². The van der Waals surface area contributed by atoms with E-state index < -0.39 is 5.97 Å². The van der Waals surface area contributed by atoms with E-state index in [-0.39, 0.29) is 18.5 Å². The minimum absolute atomic E-state index is 0.0668. The van der Waals surface area contributed by atoms with Gasteiger partial charge in [-0.1, -0.05) is 11.8 Å². The van der Waals surface area contributed by atoms with Crippen molar-refractivity contribution in [2.45, 2.75) is 11.9 Å². The number of fused-ring (bicyclic) bond motifs is 2. The van der Waals surface area contributed by atoms with Gasteiger partial charge in [0.15, 0.2) is 11.5 Å². The van der Waals surface area contributed by atoms with E-state index >= 15 is 0 Å². The van der Waals surface area contributed by atoms with Crippen molar-refractivity contribution in [1.29, 1.82) is 5.26 Å². The van der Waals surface area contributed by atoms with Crippen LogP contribution in [0.15, 0.2) is 47.5 Å². The third-order valence-electron chi connectivity index (χ3n) is 4.41. The summed E-state index contributed by atoms with van der Waals surface area (Å²) in [5.41, 5.74) is 2.00. The van der Waals surface area contributed by atoms with E-state index in [0.717, 1.165) is 5.39 Å². The van der Waals surface area contributed by atoms with Gasteiger partial charge in [0.05, 0.1) is 29.0 Å². The van der Waals surface area contributed by atoms with Crippen molar-refractivity contribution in [2.75, 3.05) is 24.5 Å². The van der Waals surface area contributed by atoms with E-state index in [0.29, 0.717) is 45.5 Å². The van der Waals surface area contributed by atoms with Crippen LogP contribution in [-0.4, -0.2) is 36.0 Å². The number of anilines is 1. The van der Waals surface area contributed by atoms with Crippen LogP contribution in [0.3, 0.4) is 0 Å². The Labute approximate surface area is 182 Å². The summed E-state index contributed by atoms with van der Waals surface area (Å²) in [5, 5.41) is 13.5. The zero-order valence-corrected chi connectivity index (χ0v) is 17.3. The van der Waals surface area contributed by atoms with Crippen molar-refractivity contribution < 1.29 is 23.8 Å². The second-order valence-electron chi connectivity index (χ2n) is 6.49. The van der Waals surface area contributed by atoms with E-state index in [9.17, 15) is 14.9 Å². The molecule has 1 aliphatic rings. The lowest BCUT2D eigenvalue weighted by Gasteiger charge is -2.08. The summed E-state index contributed by atoms with van der Waals surface area (Å²) in [4.78, 5) is 28.6. The molecule has 0 unspecified atom stereocenters. The highest BCUT2D eigenvalue weighted by molar-refractivity contribution is 8.00. The molecule has 0 saturated carbocycles. The van der Waals surface area contributed by atoms with Crippen LogP contribution in [0, 0.1) is 11.3 Å². The predicted molar refractivity (Wildman–Crippen MR) is 114 cm³/mol. The summed E-state index contributed by atoms with van der Waals surface area (Å²) in [6.07, 6.45) is 0. The van der Waals surface area contributed by atoms with E-state index in [4.69, 9.17) is 14.2 Å². The molecule has 2 heterocycles. The SMILES string of the molecule is CCOC(=O)c1ccc(NC(=O)CSc2nc3cc4c(cc3cc2C#N)OCO4)cc1. The molecule has 3 aromatic rings. The van der Waals surface area contributed by atoms with Crippen LogP contribution >= 0.6 is 11.8 Å². The monoisotopic (exact) mass is 435 g/mol. The fourth-order valence-electron chi connectivity index (χ4n) is 2.97. The summed E-state index contributed by atoms with van der Waals surface area (Å²) in [6, 6.07) is 13.8. The number of carbonyl (C=O) groups is 2. The van der Waals surface area contributed by atoms with Crippen LogP contribution in [0.25, 0.3) is 10.9 Å². The molecule has 1 N–H and O–H groups in total. The number of pyridine rings is 1. The van der Waals surface area contributed by atoms with Crippen LogP contribution in [-0.2, 0) is 9.53 Å². The Morgan fingerprint density at radius 3 is 2.65 bits per heavy atom. The standard InChI is InChI=1S/C22H17N3O5S/c1-2-28-22(27)13-3-5-16(6-4-13)24-20(26)11-31-21-15(10-23)7-14-8-18-19(30-12-29-18)9-17(14)25-21/h3-9H,2,11-12H2,1H3,(H,24,26). The van der Waals surface area contributed by atoms with Crippen molar-refractivity contribution in [2.24, 2.45) is 0 Å². The molecular weight excluding hydrogens is 418 g/mol. The molecule has 2 aromatic carbocycles. The van der Waals surface area contributed by atoms with Crippen LogP contribution in [0.4, 0.5) is 5.69 Å². The van der Waals surface area contributed by atoms with E-state index in [1.807, 2.05) is 0 Å². The molecule has 0 aliphatic carbocycles. The molecule has 1 aromatic heterocycles. The summed E-state index contributed by atoms with van der Waals surface area (Å²) in [6.45, 7) is 2.19. The van der Waals surface area contributed by atoms with Gasteiger partial charge in [0.1, 0.15) is 11.1 Å². The van der Waals surface area contributed by atoms with Gasteiger partial charge in [-0.15, -0.1) is 0 Å². The third-order valence-corrected chi connectivity index (χ3v) is 5.41. The van der Waals surface area contributed by atoms with Crippen molar-refractivity contribution in [1.82, 2.24) is 4.98 Å². The zero-order chi connectivity index (χ0) is 21.8. The van der Waals surface area contributed by atoms with Crippen LogP contribution in [0.5, 0.6) is 11.5 Å². The van der Waals surface area contributed by atoms with Gasteiger partial charge in [0.25, 0.3) is 0 Å². The van der Waals surface area contributed by atoms with E-state index in [1.54, 1.807) is 49.4 Å². The van der Waals surface area contributed by atoms with Crippen LogP contribution in [0.2, 0.25) is 0 Å². The Hall–Kier alpha value is -3.77. The number of ether oxygens (including phenoxy) is 3. The van der Waals surface area contributed by atoms with E-state index in [1.165, 1.54) is 11.8 Å². The zero-order valence-electron chi connectivity index (χ0n) is 16.5. The second-order valence-corrected chi connectivity index (χ2v) is 7.45. The molecule has 31 heavy (non-hydrogen) atoms. The van der Waals surface area contributed by atoms with E-state index in [2.05, 4.69) is 16.4 Å². The molecule has 1 amide bonds. The maximum Gasteiger partial charge on any atom is 0.338 e. The molecule has 0 saturated heterocycles. The summed E-state index contributed by atoms with van der Waals surface area (Å²) >= 11 is 1.17. The normalized spacial score (nSPS) is 11.7. The molecule has 0 spiro atoms. The van der Waals surface area contributed by atoms with Gasteiger partial charge in [-0.3, -0.25) is 4.79 Å².